The second kappa shape index (κ2) is 7.92. The molecule has 0 spiro atoms. The van der Waals surface area contributed by atoms with Crippen molar-refractivity contribution in [3.8, 4) is 11.4 Å². The summed E-state index contributed by atoms with van der Waals surface area (Å²) in [4.78, 5) is 16.8. The normalized spacial score (nSPS) is 14.6. The highest BCUT2D eigenvalue weighted by Gasteiger charge is 2.24. The number of nitrogens with zero attached hydrogens (tertiary/aromatic N) is 3. The minimum atomic E-state index is -3.48. The molecule has 29 heavy (non-hydrogen) atoms. The van der Waals surface area contributed by atoms with Crippen LogP contribution in [0.1, 0.15) is 37.7 Å². The van der Waals surface area contributed by atoms with Gasteiger partial charge < -0.3 is 10.3 Å². The summed E-state index contributed by atoms with van der Waals surface area (Å²) in [7, 11) is -3.48. The average Bonchev–Trinajstić information content (AvgIpc) is 3.06. The number of aromatic nitrogens is 4. The molecule has 0 aliphatic heterocycles. The van der Waals surface area contributed by atoms with Crippen LogP contribution in [-0.2, 0) is 16.4 Å². The van der Waals surface area contributed by atoms with E-state index in [-0.39, 0.29) is 10.9 Å². The zero-order valence-electron chi connectivity index (χ0n) is 16.4. The molecule has 1 fully saturated rings. The maximum absolute atomic E-state index is 12.4. The quantitative estimate of drug-likeness (QED) is 0.549. The molecular formula is C20H24N6O2S. The maximum Gasteiger partial charge on any atom is 0.240 e. The van der Waals surface area contributed by atoms with Gasteiger partial charge in [-0.1, -0.05) is 13.3 Å². The minimum absolute atomic E-state index is 0.0631. The monoisotopic (exact) mass is 412 g/mol. The number of aromatic amines is 1. The number of anilines is 2. The van der Waals surface area contributed by atoms with Crippen molar-refractivity contribution in [2.24, 2.45) is 0 Å². The van der Waals surface area contributed by atoms with E-state index >= 15 is 0 Å². The standard InChI is InChI=1S/C20H24N6O2S/c1-3-18-22-13(2)19(25-18)17-11-12-21-20(24-17)23-14-7-9-16(10-8-14)29(27,28)26-15-5-4-6-15/h7-12,15,26H,3-6H2,1-2H3,(H,22,25)(H,21,23,24). The first-order chi connectivity index (χ1) is 13.9. The Kier molecular flexibility index (Phi) is 5.33. The molecule has 1 aliphatic carbocycles. The summed E-state index contributed by atoms with van der Waals surface area (Å²) in [6, 6.07) is 8.48. The van der Waals surface area contributed by atoms with Gasteiger partial charge in [-0.05, 0) is 50.1 Å². The Morgan fingerprint density at radius 2 is 1.90 bits per heavy atom. The van der Waals surface area contributed by atoms with Crippen LogP contribution >= 0.6 is 0 Å². The molecule has 9 heteroatoms. The largest absolute Gasteiger partial charge is 0.341 e. The Morgan fingerprint density at radius 3 is 2.52 bits per heavy atom. The molecule has 0 bridgehead atoms. The molecule has 8 nitrogen and oxygen atoms in total. The van der Waals surface area contributed by atoms with Crippen molar-refractivity contribution in [1.29, 1.82) is 0 Å². The lowest BCUT2D eigenvalue weighted by Crippen LogP contribution is -2.39. The van der Waals surface area contributed by atoms with Gasteiger partial charge >= 0.3 is 0 Å². The van der Waals surface area contributed by atoms with Crippen LogP contribution in [0.5, 0.6) is 0 Å². The smallest absolute Gasteiger partial charge is 0.240 e. The zero-order chi connectivity index (χ0) is 20.4. The van der Waals surface area contributed by atoms with E-state index in [1.165, 1.54) is 0 Å². The van der Waals surface area contributed by atoms with Crippen molar-refractivity contribution in [2.75, 3.05) is 5.32 Å². The number of rotatable bonds is 7. The average molecular weight is 413 g/mol. The molecule has 2 aromatic heterocycles. The minimum Gasteiger partial charge on any atom is -0.341 e. The summed E-state index contributed by atoms with van der Waals surface area (Å²) in [6.45, 7) is 3.98. The number of benzene rings is 1. The third-order valence-electron chi connectivity index (χ3n) is 5.03. The third-order valence-corrected chi connectivity index (χ3v) is 6.56. The highest BCUT2D eigenvalue weighted by molar-refractivity contribution is 7.89. The van der Waals surface area contributed by atoms with Gasteiger partial charge in [-0.3, -0.25) is 0 Å². The SMILES string of the molecule is CCc1nc(C)c(-c2ccnc(Nc3ccc(S(=O)(=O)NC4CCC4)cc3)n2)[nH]1. The molecule has 0 amide bonds. The number of sulfonamides is 1. The first-order valence-electron chi connectivity index (χ1n) is 9.73. The van der Waals surface area contributed by atoms with Gasteiger partial charge in [0.05, 0.1) is 22.0 Å². The van der Waals surface area contributed by atoms with Gasteiger partial charge in [0.2, 0.25) is 16.0 Å². The summed E-state index contributed by atoms with van der Waals surface area (Å²) in [5.41, 5.74) is 3.22. The Bertz CT molecular complexity index is 1100. The van der Waals surface area contributed by atoms with E-state index in [4.69, 9.17) is 0 Å². The van der Waals surface area contributed by atoms with Crippen LogP contribution in [0.25, 0.3) is 11.4 Å². The summed E-state index contributed by atoms with van der Waals surface area (Å²) >= 11 is 0. The van der Waals surface area contributed by atoms with Crippen LogP contribution in [0.3, 0.4) is 0 Å². The molecule has 1 aromatic carbocycles. The van der Waals surface area contributed by atoms with E-state index in [9.17, 15) is 8.42 Å². The van der Waals surface area contributed by atoms with Crippen LogP contribution in [0.2, 0.25) is 0 Å². The Labute approximate surface area is 170 Å². The molecular weight excluding hydrogens is 388 g/mol. The molecule has 152 valence electrons. The van der Waals surface area contributed by atoms with E-state index < -0.39 is 10.0 Å². The summed E-state index contributed by atoms with van der Waals surface area (Å²) in [5.74, 6) is 1.34. The summed E-state index contributed by atoms with van der Waals surface area (Å²) in [6.07, 6.45) is 5.39. The van der Waals surface area contributed by atoms with Crippen molar-refractivity contribution < 1.29 is 8.42 Å². The molecule has 2 heterocycles. The summed E-state index contributed by atoms with van der Waals surface area (Å²) < 4.78 is 27.5. The van der Waals surface area contributed by atoms with Crippen LogP contribution in [0, 0.1) is 6.92 Å². The van der Waals surface area contributed by atoms with Crippen molar-refractivity contribution in [2.45, 2.75) is 50.5 Å². The second-order valence-corrected chi connectivity index (χ2v) is 8.88. The Balaban J connectivity index is 1.50. The topological polar surface area (TPSA) is 113 Å². The van der Waals surface area contributed by atoms with Gasteiger partial charge in [0.15, 0.2) is 0 Å². The predicted molar refractivity (Wildman–Crippen MR) is 111 cm³/mol. The highest BCUT2D eigenvalue weighted by atomic mass is 32.2. The number of H-pyrrole nitrogens is 1. The lowest BCUT2D eigenvalue weighted by Gasteiger charge is -2.26. The fraction of sp³-hybridized carbons (Fsp3) is 0.350. The number of hydrogen-bond donors (Lipinski definition) is 3. The van der Waals surface area contributed by atoms with E-state index in [1.807, 2.05) is 19.9 Å². The number of nitrogens with one attached hydrogen (secondary N) is 3. The zero-order valence-corrected chi connectivity index (χ0v) is 17.3. The number of imidazole rings is 1. The molecule has 0 radical (unpaired) electrons. The van der Waals surface area contributed by atoms with Crippen LogP contribution in [0.15, 0.2) is 41.4 Å². The second-order valence-electron chi connectivity index (χ2n) is 7.16. The fourth-order valence-electron chi connectivity index (χ4n) is 3.16. The van der Waals surface area contributed by atoms with Crippen molar-refractivity contribution >= 4 is 21.7 Å². The molecule has 1 aliphatic rings. The highest BCUT2D eigenvalue weighted by Crippen LogP contribution is 2.24. The van der Waals surface area contributed by atoms with Gasteiger partial charge in [-0.25, -0.2) is 28.1 Å². The molecule has 0 unspecified atom stereocenters. The van der Waals surface area contributed by atoms with Crippen molar-refractivity contribution in [1.82, 2.24) is 24.7 Å². The molecule has 1 saturated carbocycles. The Morgan fingerprint density at radius 1 is 1.14 bits per heavy atom. The van der Waals surface area contributed by atoms with E-state index in [2.05, 4.69) is 30.0 Å². The third kappa shape index (κ3) is 4.30. The van der Waals surface area contributed by atoms with Crippen LogP contribution in [0.4, 0.5) is 11.6 Å². The van der Waals surface area contributed by atoms with Crippen molar-refractivity contribution in [3.63, 3.8) is 0 Å². The van der Waals surface area contributed by atoms with Gasteiger partial charge in [-0.2, -0.15) is 0 Å². The van der Waals surface area contributed by atoms with Gasteiger partial charge in [-0.15, -0.1) is 0 Å². The predicted octanol–water partition coefficient (Wildman–Crippen LogP) is 3.31. The first-order valence-corrected chi connectivity index (χ1v) is 11.2. The maximum atomic E-state index is 12.4. The molecule has 4 rings (SSSR count). The van der Waals surface area contributed by atoms with E-state index in [1.54, 1.807) is 30.5 Å². The van der Waals surface area contributed by atoms with Gasteiger partial charge in [0.1, 0.15) is 5.82 Å². The van der Waals surface area contributed by atoms with Crippen LogP contribution < -0.4 is 10.0 Å². The lowest BCUT2D eigenvalue weighted by atomic mass is 9.94. The molecule has 0 saturated heterocycles. The lowest BCUT2D eigenvalue weighted by molar-refractivity contribution is 0.383. The van der Waals surface area contributed by atoms with Crippen molar-refractivity contribution in [3.05, 3.63) is 48.0 Å². The van der Waals surface area contributed by atoms with E-state index in [0.717, 1.165) is 48.6 Å². The first kappa shape index (κ1) is 19.5. The fourth-order valence-corrected chi connectivity index (χ4v) is 4.46. The van der Waals surface area contributed by atoms with Crippen LogP contribution in [-0.4, -0.2) is 34.4 Å². The molecule has 3 aromatic rings. The van der Waals surface area contributed by atoms with Gasteiger partial charge in [0.25, 0.3) is 0 Å². The molecule has 3 N–H and O–H groups in total. The molecule has 0 atom stereocenters. The Hall–Kier alpha value is -2.78. The summed E-state index contributed by atoms with van der Waals surface area (Å²) in [5, 5.41) is 3.12. The van der Waals surface area contributed by atoms with Gasteiger partial charge in [0, 0.05) is 24.3 Å². The van der Waals surface area contributed by atoms with E-state index in [0.29, 0.717) is 11.6 Å². The number of aryl methyl sites for hydroxylation is 2. The number of hydrogen-bond acceptors (Lipinski definition) is 6.